The van der Waals surface area contributed by atoms with Crippen LogP contribution in [0.25, 0.3) is 0 Å². The number of ether oxygens (including phenoxy) is 2. The molecule has 4 heteroatoms. The molecule has 0 aromatic heterocycles. The van der Waals surface area contributed by atoms with Gasteiger partial charge in [-0.05, 0) is 44.3 Å². The highest BCUT2D eigenvalue weighted by Gasteiger charge is 2.38. The van der Waals surface area contributed by atoms with Crippen molar-refractivity contribution in [3.63, 3.8) is 0 Å². The van der Waals surface area contributed by atoms with E-state index in [2.05, 4.69) is 23.8 Å². The third kappa shape index (κ3) is 6.62. The monoisotopic (exact) mass is 346 g/mol. The van der Waals surface area contributed by atoms with Crippen molar-refractivity contribution in [2.75, 3.05) is 7.11 Å². The minimum atomic E-state index is -0.184. The number of methoxy groups -OCH3 is 1. The maximum absolute atomic E-state index is 12.1. The van der Waals surface area contributed by atoms with E-state index in [1.807, 2.05) is 12.2 Å². The fraction of sp³-hybridized carbons (Fsp3) is 0.619. The number of hydrogen-bond acceptors (Lipinski definition) is 4. The molecule has 1 fully saturated rings. The molecule has 0 amide bonds. The Kier molecular flexibility index (Phi) is 8.13. The molecule has 1 saturated heterocycles. The first-order chi connectivity index (χ1) is 12.2. The van der Waals surface area contributed by atoms with Crippen LogP contribution >= 0.6 is 0 Å². The summed E-state index contributed by atoms with van der Waals surface area (Å²) in [6, 6.07) is 0. The summed E-state index contributed by atoms with van der Waals surface area (Å²) in [5.74, 6) is 0.0968. The first kappa shape index (κ1) is 19.6. The molecule has 2 aliphatic rings. The van der Waals surface area contributed by atoms with Crippen LogP contribution in [0.1, 0.15) is 58.3 Å². The zero-order valence-electron chi connectivity index (χ0n) is 15.4. The van der Waals surface area contributed by atoms with Crippen LogP contribution in [0.5, 0.6) is 0 Å². The Labute approximate surface area is 151 Å². The lowest BCUT2D eigenvalue weighted by molar-refractivity contribution is -0.140. The van der Waals surface area contributed by atoms with Crippen LogP contribution < -0.4 is 0 Å². The second-order valence-corrected chi connectivity index (χ2v) is 6.76. The maximum Gasteiger partial charge on any atom is 0.305 e. The molecule has 0 spiro atoms. The first-order valence-electron chi connectivity index (χ1n) is 9.47. The summed E-state index contributed by atoms with van der Waals surface area (Å²) in [5, 5.41) is 0. The molecule has 0 unspecified atom stereocenters. The van der Waals surface area contributed by atoms with Gasteiger partial charge in [-0.3, -0.25) is 9.59 Å². The molecule has 0 N–H and O–H groups in total. The van der Waals surface area contributed by atoms with Crippen molar-refractivity contribution < 1.29 is 19.1 Å². The van der Waals surface area contributed by atoms with Gasteiger partial charge in [-0.15, -0.1) is 0 Å². The summed E-state index contributed by atoms with van der Waals surface area (Å²) >= 11 is 0. The highest BCUT2D eigenvalue weighted by Crippen LogP contribution is 2.33. The van der Waals surface area contributed by atoms with Crippen LogP contribution in [0.15, 0.2) is 36.0 Å². The van der Waals surface area contributed by atoms with Crippen LogP contribution in [0.4, 0.5) is 0 Å². The number of allylic oxidation sites excluding steroid dienone is 5. The van der Waals surface area contributed by atoms with Crippen molar-refractivity contribution >= 4 is 11.8 Å². The van der Waals surface area contributed by atoms with E-state index in [1.54, 1.807) is 6.08 Å². The SMILES string of the molecule is CCCCC/C=C/C[C@H]1C=CC(=O)/C1=C\[C@@H]1O[C@@H]1CCCC(=O)OC. The largest absolute Gasteiger partial charge is 0.469 e. The Hall–Kier alpha value is -1.68. The molecule has 1 heterocycles. The number of esters is 1. The van der Waals surface area contributed by atoms with Crippen LogP contribution in [-0.2, 0) is 19.1 Å². The van der Waals surface area contributed by atoms with E-state index in [4.69, 9.17) is 4.74 Å². The van der Waals surface area contributed by atoms with E-state index < -0.39 is 0 Å². The Bertz CT molecular complexity index is 544. The fourth-order valence-corrected chi connectivity index (χ4v) is 3.13. The Morgan fingerprint density at radius 2 is 2.12 bits per heavy atom. The number of carbonyl (C=O) groups is 2. The van der Waals surface area contributed by atoms with Gasteiger partial charge >= 0.3 is 5.97 Å². The molecule has 2 rings (SSSR count). The molecule has 0 saturated carbocycles. The summed E-state index contributed by atoms with van der Waals surface area (Å²) in [7, 11) is 1.40. The van der Waals surface area contributed by atoms with Gasteiger partial charge in [0.15, 0.2) is 5.78 Å². The first-order valence-corrected chi connectivity index (χ1v) is 9.47. The molecule has 4 nitrogen and oxygen atoms in total. The van der Waals surface area contributed by atoms with Crippen molar-refractivity contribution in [3.8, 4) is 0 Å². The lowest BCUT2D eigenvalue weighted by Crippen LogP contribution is -2.05. The molecular formula is C21H30O4. The van der Waals surface area contributed by atoms with Crippen LogP contribution in [0.2, 0.25) is 0 Å². The van der Waals surface area contributed by atoms with Gasteiger partial charge in [0.25, 0.3) is 0 Å². The van der Waals surface area contributed by atoms with Gasteiger partial charge in [-0.2, -0.15) is 0 Å². The maximum atomic E-state index is 12.1. The predicted molar refractivity (Wildman–Crippen MR) is 98.1 cm³/mol. The summed E-state index contributed by atoms with van der Waals surface area (Å²) in [6.07, 6.45) is 18.0. The van der Waals surface area contributed by atoms with Gasteiger partial charge < -0.3 is 9.47 Å². The molecule has 1 aliphatic heterocycles. The van der Waals surface area contributed by atoms with Gasteiger partial charge in [0.2, 0.25) is 0 Å². The molecule has 0 bridgehead atoms. The second-order valence-electron chi connectivity index (χ2n) is 6.76. The zero-order chi connectivity index (χ0) is 18.1. The normalized spacial score (nSPS) is 26.7. The quantitative estimate of drug-likeness (QED) is 0.184. The number of rotatable bonds is 11. The topological polar surface area (TPSA) is 55.9 Å². The Balaban J connectivity index is 1.74. The molecule has 138 valence electrons. The van der Waals surface area contributed by atoms with E-state index in [1.165, 1.54) is 26.4 Å². The number of epoxide rings is 1. The van der Waals surface area contributed by atoms with E-state index >= 15 is 0 Å². The van der Waals surface area contributed by atoms with Crippen LogP contribution in [0, 0.1) is 5.92 Å². The zero-order valence-corrected chi connectivity index (χ0v) is 15.4. The molecule has 1 aliphatic carbocycles. The lowest BCUT2D eigenvalue weighted by atomic mass is 9.96. The molecule has 0 radical (unpaired) electrons. The standard InChI is InChI=1S/C21H30O4/c1-3-4-5-6-7-8-10-16-13-14-18(22)17(16)15-20-19(25-20)11-9-12-21(23)24-2/h7-8,13-16,19-20H,3-6,9-12H2,1-2H3/b8-7+,17-15-/t16-,19+,20-/m0/s1. The molecule has 0 aromatic rings. The highest BCUT2D eigenvalue weighted by molar-refractivity contribution is 6.07. The summed E-state index contributed by atoms with van der Waals surface area (Å²) in [5.41, 5.74) is 0.860. The molecular weight excluding hydrogens is 316 g/mol. The van der Waals surface area contributed by atoms with E-state index in [9.17, 15) is 9.59 Å². The van der Waals surface area contributed by atoms with Crippen molar-refractivity contribution in [2.45, 2.75) is 70.5 Å². The summed E-state index contributed by atoms with van der Waals surface area (Å²) in [4.78, 5) is 23.2. The number of carbonyl (C=O) groups excluding carboxylic acids is 2. The predicted octanol–water partition coefficient (Wildman–Crippen LogP) is 4.31. The third-order valence-electron chi connectivity index (χ3n) is 4.76. The number of ketones is 1. The molecule has 3 atom stereocenters. The Morgan fingerprint density at radius 1 is 1.28 bits per heavy atom. The van der Waals surface area contributed by atoms with Gasteiger partial charge in [-0.25, -0.2) is 0 Å². The highest BCUT2D eigenvalue weighted by atomic mass is 16.6. The van der Waals surface area contributed by atoms with E-state index in [0.29, 0.717) is 6.42 Å². The molecule has 25 heavy (non-hydrogen) atoms. The fourth-order valence-electron chi connectivity index (χ4n) is 3.13. The smallest absolute Gasteiger partial charge is 0.305 e. The Morgan fingerprint density at radius 3 is 2.88 bits per heavy atom. The van der Waals surface area contributed by atoms with Gasteiger partial charge in [0.1, 0.15) is 6.10 Å². The van der Waals surface area contributed by atoms with Gasteiger partial charge in [-0.1, -0.05) is 38.0 Å². The van der Waals surface area contributed by atoms with Gasteiger partial charge in [0.05, 0.1) is 13.2 Å². The second kappa shape index (κ2) is 10.3. The van der Waals surface area contributed by atoms with E-state index in [0.717, 1.165) is 31.3 Å². The minimum absolute atomic E-state index is 0.0209. The number of hydrogen-bond donors (Lipinski definition) is 0. The summed E-state index contributed by atoms with van der Waals surface area (Å²) < 4.78 is 10.3. The summed E-state index contributed by atoms with van der Waals surface area (Å²) in [6.45, 7) is 2.21. The number of unbranched alkanes of at least 4 members (excludes halogenated alkanes) is 3. The van der Waals surface area contributed by atoms with Crippen LogP contribution in [0.3, 0.4) is 0 Å². The van der Waals surface area contributed by atoms with Crippen molar-refractivity contribution in [3.05, 3.63) is 36.0 Å². The molecule has 0 aromatic carbocycles. The van der Waals surface area contributed by atoms with Crippen molar-refractivity contribution in [1.29, 1.82) is 0 Å². The third-order valence-corrected chi connectivity index (χ3v) is 4.76. The average molecular weight is 346 g/mol. The van der Waals surface area contributed by atoms with Gasteiger partial charge in [0, 0.05) is 17.9 Å². The van der Waals surface area contributed by atoms with Crippen molar-refractivity contribution in [1.82, 2.24) is 0 Å². The average Bonchev–Trinajstić information content (AvgIpc) is 3.26. The van der Waals surface area contributed by atoms with E-state index in [-0.39, 0.29) is 29.9 Å². The van der Waals surface area contributed by atoms with Crippen molar-refractivity contribution in [2.24, 2.45) is 5.92 Å². The minimum Gasteiger partial charge on any atom is -0.469 e. The lowest BCUT2D eigenvalue weighted by Gasteiger charge is -2.06. The van der Waals surface area contributed by atoms with Crippen LogP contribution in [-0.4, -0.2) is 31.1 Å².